The largest absolute Gasteiger partial charge is 0.495 e. The number of nitrogens with zero attached hydrogens (tertiary/aromatic N) is 2. The first-order valence-corrected chi connectivity index (χ1v) is 9.93. The van der Waals surface area contributed by atoms with Gasteiger partial charge in [-0.2, -0.15) is 0 Å². The summed E-state index contributed by atoms with van der Waals surface area (Å²) in [5, 5.41) is 2.18. The van der Waals surface area contributed by atoms with E-state index in [1.807, 2.05) is 36.7 Å². The molecule has 0 aromatic carbocycles. The number of aromatic nitrogens is 4. The van der Waals surface area contributed by atoms with E-state index in [-0.39, 0.29) is 33.2 Å². The van der Waals surface area contributed by atoms with Crippen LogP contribution >= 0.6 is 15.9 Å². The maximum Gasteiger partial charge on any atom is 0.495 e. The molecule has 0 bridgehead atoms. The second kappa shape index (κ2) is 8.92. The lowest BCUT2D eigenvalue weighted by atomic mass is 9.78. The van der Waals surface area contributed by atoms with Gasteiger partial charge in [-0.3, -0.25) is 0 Å². The predicted octanol–water partition coefficient (Wildman–Crippen LogP) is 5.46. The molecule has 0 radical (unpaired) electrons. The molecule has 0 saturated carbocycles. The fourth-order valence-corrected chi connectivity index (χ4v) is 3.52. The maximum absolute atomic E-state index is 6.06. The van der Waals surface area contributed by atoms with Crippen LogP contribution in [0, 0.1) is 0 Å². The zero-order valence-corrected chi connectivity index (χ0v) is 17.9. The monoisotopic (exact) mass is 472 g/mol. The molecule has 1 saturated heterocycles. The van der Waals surface area contributed by atoms with Crippen molar-refractivity contribution >= 4 is 50.6 Å². The average Bonchev–Trinajstić information content (AvgIpc) is 3.34. The molecule has 8 heteroatoms. The van der Waals surface area contributed by atoms with E-state index in [9.17, 15) is 0 Å². The van der Waals surface area contributed by atoms with E-state index >= 15 is 0 Å². The van der Waals surface area contributed by atoms with E-state index in [1.165, 1.54) is 0 Å². The van der Waals surface area contributed by atoms with E-state index in [0.29, 0.717) is 0 Å². The molecule has 4 aromatic heterocycles. The van der Waals surface area contributed by atoms with E-state index in [1.54, 1.807) is 12.4 Å². The van der Waals surface area contributed by atoms with Crippen LogP contribution in [0.2, 0.25) is 0 Å². The van der Waals surface area contributed by atoms with E-state index < -0.39 is 0 Å². The third kappa shape index (κ3) is 4.31. The third-order valence-corrected chi connectivity index (χ3v) is 6.10. The minimum absolute atomic E-state index is 0. The lowest BCUT2D eigenvalue weighted by molar-refractivity contribution is 0.00578. The van der Waals surface area contributed by atoms with E-state index in [0.717, 1.165) is 32.0 Å². The van der Waals surface area contributed by atoms with Gasteiger partial charge in [0.1, 0.15) is 11.3 Å². The molecule has 0 spiro atoms. The fraction of sp³-hybridized carbons (Fsp3) is 0.364. The summed E-state index contributed by atoms with van der Waals surface area (Å²) in [6, 6.07) is 7.88. The molecule has 1 aliphatic heterocycles. The van der Waals surface area contributed by atoms with Crippen LogP contribution in [0.4, 0.5) is 0 Å². The Labute approximate surface area is 187 Å². The zero-order chi connectivity index (χ0) is 19.9. The minimum atomic E-state index is -0.337. The summed E-state index contributed by atoms with van der Waals surface area (Å²) in [6.07, 6.45) is 7.30. The van der Waals surface area contributed by atoms with Gasteiger partial charge < -0.3 is 19.3 Å². The Morgan fingerprint density at radius 2 is 1.30 bits per heavy atom. The van der Waals surface area contributed by atoms with Crippen LogP contribution in [-0.2, 0) is 9.31 Å². The van der Waals surface area contributed by atoms with Crippen molar-refractivity contribution in [2.45, 2.75) is 53.8 Å². The standard InChI is InChI=1S/C13H17BN2O2.C7H5BrN2.2CH4/c1-12(2)13(3,4)18-14(17-12)10-6-8-16-11-9(10)5-7-15-11;8-6-2-4-10-7-5(6)1-3-9-7;;/h5-8H,1-4H3,(H,15,16);1-4H,(H,9,10);2*1H4. The molecule has 160 valence electrons. The van der Waals surface area contributed by atoms with Gasteiger partial charge in [-0.25, -0.2) is 9.97 Å². The molecule has 30 heavy (non-hydrogen) atoms. The van der Waals surface area contributed by atoms with Crippen LogP contribution in [0.25, 0.3) is 22.1 Å². The summed E-state index contributed by atoms with van der Waals surface area (Å²) in [6.45, 7) is 8.23. The molecule has 2 N–H and O–H groups in total. The first-order valence-electron chi connectivity index (χ1n) is 9.14. The highest BCUT2D eigenvalue weighted by Crippen LogP contribution is 2.36. The normalized spacial score (nSPS) is 16.5. The molecule has 1 aliphatic rings. The fourth-order valence-electron chi connectivity index (χ4n) is 3.08. The highest BCUT2D eigenvalue weighted by Gasteiger charge is 2.52. The summed E-state index contributed by atoms with van der Waals surface area (Å²) < 4.78 is 13.2. The van der Waals surface area contributed by atoms with Gasteiger partial charge in [0.25, 0.3) is 0 Å². The summed E-state index contributed by atoms with van der Waals surface area (Å²) in [5.41, 5.74) is 2.18. The Morgan fingerprint density at radius 3 is 1.87 bits per heavy atom. The number of fused-ring (bicyclic) bond motifs is 2. The van der Waals surface area contributed by atoms with Crippen LogP contribution in [0.15, 0.2) is 53.5 Å². The molecule has 4 aromatic rings. The Hall–Kier alpha value is -2.16. The zero-order valence-electron chi connectivity index (χ0n) is 16.3. The molecule has 6 nitrogen and oxygen atoms in total. The van der Waals surface area contributed by atoms with Crippen molar-refractivity contribution in [1.82, 2.24) is 19.9 Å². The molecule has 5 heterocycles. The van der Waals surface area contributed by atoms with Gasteiger partial charge in [0, 0.05) is 40.0 Å². The first kappa shape index (κ1) is 24.1. The SMILES string of the molecule is Brc1ccnc2[nH]ccc12.C.C.CC1(C)OB(c2ccnc3[nH]ccc23)OC1(C)C. The Kier molecular flexibility index (Phi) is 7.17. The summed E-state index contributed by atoms with van der Waals surface area (Å²) >= 11 is 3.42. The molecule has 0 unspecified atom stereocenters. The number of H-pyrrole nitrogens is 2. The summed E-state index contributed by atoms with van der Waals surface area (Å²) in [5.74, 6) is 0. The van der Waals surface area contributed by atoms with Crippen molar-refractivity contribution in [1.29, 1.82) is 0 Å². The minimum Gasteiger partial charge on any atom is -0.399 e. The van der Waals surface area contributed by atoms with E-state index in [2.05, 4.69) is 63.6 Å². The van der Waals surface area contributed by atoms with Crippen molar-refractivity contribution in [3.63, 3.8) is 0 Å². The number of nitrogens with one attached hydrogen (secondary N) is 2. The quantitative estimate of drug-likeness (QED) is 0.360. The maximum atomic E-state index is 6.06. The average molecular weight is 473 g/mol. The molecule has 0 amide bonds. The Bertz CT molecular complexity index is 1110. The van der Waals surface area contributed by atoms with Gasteiger partial charge in [-0.15, -0.1) is 0 Å². The molecular weight excluding hydrogens is 443 g/mol. The van der Waals surface area contributed by atoms with Gasteiger partial charge in [0.2, 0.25) is 0 Å². The molecular formula is C22H30BBrN4O2. The second-order valence-electron chi connectivity index (χ2n) is 7.76. The number of aromatic amines is 2. The number of rotatable bonds is 1. The highest BCUT2D eigenvalue weighted by molar-refractivity contribution is 9.10. The number of halogens is 1. The molecule has 0 atom stereocenters. The van der Waals surface area contributed by atoms with Crippen LogP contribution in [0.1, 0.15) is 42.5 Å². The Balaban J connectivity index is 0.000000229. The number of pyridine rings is 2. The number of hydrogen-bond acceptors (Lipinski definition) is 4. The van der Waals surface area contributed by atoms with Gasteiger partial charge in [0.15, 0.2) is 0 Å². The van der Waals surface area contributed by atoms with Crippen LogP contribution in [0.3, 0.4) is 0 Å². The molecule has 5 rings (SSSR count). The van der Waals surface area contributed by atoms with Gasteiger partial charge in [-0.05, 0) is 73.4 Å². The highest BCUT2D eigenvalue weighted by atomic mass is 79.9. The summed E-state index contributed by atoms with van der Waals surface area (Å²) in [4.78, 5) is 14.5. The predicted molar refractivity (Wildman–Crippen MR) is 129 cm³/mol. The number of hydrogen-bond donors (Lipinski definition) is 2. The topological polar surface area (TPSA) is 75.8 Å². The third-order valence-electron chi connectivity index (χ3n) is 5.41. The lowest BCUT2D eigenvalue weighted by Gasteiger charge is -2.32. The Morgan fingerprint density at radius 1 is 0.800 bits per heavy atom. The smallest absolute Gasteiger partial charge is 0.399 e. The van der Waals surface area contributed by atoms with Crippen molar-refractivity contribution < 1.29 is 9.31 Å². The van der Waals surface area contributed by atoms with Crippen molar-refractivity contribution in [3.05, 3.63) is 53.5 Å². The lowest BCUT2D eigenvalue weighted by Crippen LogP contribution is -2.41. The second-order valence-corrected chi connectivity index (χ2v) is 8.62. The summed E-state index contributed by atoms with van der Waals surface area (Å²) in [7, 11) is -0.337. The van der Waals surface area contributed by atoms with Gasteiger partial charge in [0.05, 0.1) is 11.2 Å². The van der Waals surface area contributed by atoms with Gasteiger partial charge >= 0.3 is 7.12 Å². The van der Waals surface area contributed by atoms with Crippen molar-refractivity contribution in [2.24, 2.45) is 0 Å². The first-order chi connectivity index (χ1) is 13.3. The van der Waals surface area contributed by atoms with Crippen LogP contribution < -0.4 is 5.46 Å². The van der Waals surface area contributed by atoms with Crippen LogP contribution in [0.5, 0.6) is 0 Å². The molecule has 1 fully saturated rings. The van der Waals surface area contributed by atoms with Crippen molar-refractivity contribution in [2.75, 3.05) is 0 Å². The van der Waals surface area contributed by atoms with Crippen LogP contribution in [-0.4, -0.2) is 38.3 Å². The van der Waals surface area contributed by atoms with Crippen molar-refractivity contribution in [3.8, 4) is 0 Å². The van der Waals surface area contributed by atoms with Gasteiger partial charge in [-0.1, -0.05) is 14.9 Å². The molecule has 0 aliphatic carbocycles. The van der Waals surface area contributed by atoms with E-state index in [4.69, 9.17) is 9.31 Å².